The molecule has 7 heteroatoms. The lowest BCUT2D eigenvalue weighted by atomic mass is 10.2. The van der Waals surface area contributed by atoms with E-state index in [0.717, 1.165) is 5.56 Å². The monoisotopic (exact) mass is 377 g/mol. The number of carbonyl (C=O) groups excluding carboxylic acids is 2. The minimum atomic E-state index is -0.487. The van der Waals surface area contributed by atoms with Gasteiger partial charge in [0.25, 0.3) is 0 Å². The Morgan fingerprint density at radius 2 is 1.92 bits per heavy atom. The summed E-state index contributed by atoms with van der Waals surface area (Å²) in [4.78, 5) is 23.9. The van der Waals surface area contributed by atoms with E-state index in [1.165, 1.54) is 36.0 Å². The summed E-state index contributed by atoms with van der Waals surface area (Å²) in [5.41, 5.74) is 1.33. The Bertz CT molecular complexity index is 751. The zero-order valence-corrected chi connectivity index (χ0v) is 15.3. The van der Waals surface area contributed by atoms with Crippen LogP contribution in [-0.2, 0) is 20.9 Å². The number of benzene rings is 2. The molecule has 26 heavy (non-hydrogen) atoms. The first-order valence-corrected chi connectivity index (χ1v) is 8.99. The molecule has 2 aromatic rings. The fourth-order valence-electron chi connectivity index (χ4n) is 2.03. The summed E-state index contributed by atoms with van der Waals surface area (Å²) in [6, 6.07) is 12.7. The molecule has 1 amide bonds. The molecule has 5 nitrogen and oxygen atoms in total. The number of anilines is 1. The van der Waals surface area contributed by atoms with Gasteiger partial charge in [0.2, 0.25) is 5.91 Å². The highest BCUT2D eigenvalue weighted by Gasteiger charge is 2.17. The minimum absolute atomic E-state index is 0.0901. The van der Waals surface area contributed by atoms with Crippen molar-refractivity contribution in [1.29, 1.82) is 0 Å². The van der Waals surface area contributed by atoms with Crippen LogP contribution < -0.4 is 10.1 Å². The van der Waals surface area contributed by atoms with Gasteiger partial charge in [-0.2, -0.15) is 0 Å². The molecule has 0 aromatic heterocycles. The number of esters is 1. The molecule has 2 aromatic carbocycles. The first kappa shape index (κ1) is 19.8. The van der Waals surface area contributed by atoms with Crippen LogP contribution in [0.1, 0.15) is 12.5 Å². The maximum absolute atomic E-state index is 12.8. The first-order valence-electron chi connectivity index (χ1n) is 7.94. The van der Waals surface area contributed by atoms with Crippen molar-refractivity contribution >= 4 is 29.3 Å². The predicted octanol–water partition coefficient (Wildman–Crippen LogP) is 3.64. The van der Waals surface area contributed by atoms with Gasteiger partial charge in [-0.15, -0.1) is 11.8 Å². The Labute approximate surface area is 155 Å². The highest BCUT2D eigenvalue weighted by molar-refractivity contribution is 8.01. The maximum atomic E-state index is 12.8. The Hall–Kier alpha value is -2.54. The van der Waals surface area contributed by atoms with Gasteiger partial charge in [0.1, 0.15) is 23.4 Å². The van der Waals surface area contributed by atoms with Crippen molar-refractivity contribution in [2.75, 3.05) is 18.2 Å². The normalized spacial score (nSPS) is 11.5. The molecule has 1 unspecified atom stereocenters. The molecule has 0 aliphatic rings. The van der Waals surface area contributed by atoms with Gasteiger partial charge < -0.3 is 14.8 Å². The second-order valence-corrected chi connectivity index (χ2v) is 6.80. The number of rotatable bonds is 8. The molecule has 0 spiro atoms. The number of thioether (sulfide) groups is 1. The average Bonchev–Trinajstić information content (AvgIpc) is 2.66. The Morgan fingerprint density at radius 3 is 2.62 bits per heavy atom. The topological polar surface area (TPSA) is 64.6 Å². The van der Waals surface area contributed by atoms with E-state index in [0.29, 0.717) is 11.4 Å². The number of ether oxygens (including phenoxy) is 2. The third-order valence-corrected chi connectivity index (χ3v) is 4.56. The van der Waals surface area contributed by atoms with E-state index in [1.54, 1.807) is 20.1 Å². The van der Waals surface area contributed by atoms with Crippen LogP contribution in [0.15, 0.2) is 48.5 Å². The van der Waals surface area contributed by atoms with Crippen molar-refractivity contribution in [3.63, 3.8) is 0 Å². The zero-order valence-electron chi connectivity index (χ0n) is 14.5. The largest absolute Gasteiger partial charge is 0.497 e. The molecular weight excluding hydrogens is 357 g/mol. The van der Waals surface area contributed by atoms with Crippen molar-refractivity contribution in [1.82, 2.24) is 0 Å². The number of hydrogen-bond donors (Lipinski definition) is 1. The van der Waals surface area contributed by atoms with Crippen LogP contribution in [0.3, 0.4) is 0 Å². The van der Waals surface area contributed by atoms with Gasteiger partial charge in [-0.05, 0) is 48.9 Å². The van der Waals surface area contributed by atoms with Crippen molar-refractivity contribution < 1.29 is 23.5 Å². The lowest BCUT2D eigenvalue weighted by Gasteiger charge is -2.12. The number of methoxy groups -OCH3 is 1. The quantitative estimate of drug-likeness (QED) is 0.712. The Kier molecular flexibility index (Phi) is 7.47. The van der Waals surface area contributed by atoms with E-state index in [9.17, 15) is 14.0 Å². The van der Waals surface area contributed by atoms with E-state index in [1.807, 2.05) is 18.2 Å². The molecule has 0 saturated heterocycles. The molecule has 0 radical (unpaired) electrons. The molecular formula is C19H20FNO4S. The van der Waals surface area contributed by atoms with Crippen LogP contribution in [0, 0.1) is 5.82 Å². The zero-order chi connectivity index (χ0) is 18.9. The van der Waals surface area contributed by atoms with Gasteiger partial charge >= 0.3 is 5.97 Å². The van der Waals surface area contributed by atoms with Gasteiger partial charge in [-0.1, -0.05) is 12.1 Å². The van der Waals surface area contributed by atoms with E-state index < -0.39 is 11.2 Å². The summed E-state index contributed by atoms with van der Waals surface area (Å²) >= 11 is 1.17. The first-order chi connectivity index (χ1) is 12.5. The van der Waals surface area contributed by atoms with E-state index in [4.69, 9.17) is 9.47 Å². The molecule has 1 atom stereocenters. The van der Waals surface area contributed by atoms with Gasteiger partial charge in [-0.25, -0.2) is 4.39 Å². The third-order valence-electron chi connectivity index (χ3n) is 3.44. The smallest absolute Gasteiger partial charge is 0.319 e. The van der Waals surface area contributed by atoms with Crippen LogP contribution in [0.4, 0.5) is 10.1 Å². The second kappa shape index (κ2) is 9.82. The third kappa shape index (κ3) is 6.40. The summed E-state index contributed by atoms with van der Waals surface area (Å²) < 4.78 is 23.2. The van der Waals surface area contributed by atoms with E-state index >= 15 is 0 Å². The molecule has 0 aliphatic carbocycles. The fraction of sp³-hybridized carbons (Fsp3) is 0.263. The minimum Gasteiger partial charge on any atom is -0.497 e. The van der Waals surface area contributed by atoms with Gasteiger partial charge in [-0.3, -0.25) is 9.59 Å². The number of carbonyl (C=O) groups is 2. The standard InChI is InChI=1S/C19H20FNO4S/c1-13(19(23)25-11-14-4-3-5-17(10-14)24-2)26-12-18(22)21-16-8-6-15(20)7-9-16/h3-10,13H,11-12H2,1-2H3,(H,21,22). The highest BCUT2D eigenvalue weighted by Crippen LogP contribution is 2.17. The van der Waals surface area contributed by atoms with E-state index in [-0.39, 0.29) is 24.1 Å². The van der Waals surface area contributed by atoms with Crippen LogP contribution >= 0.6 is 11.8 Å². The van der Waals surface area contributed by atoms with Crippen molar-refractivity contribution in [2.45, 2.75) is 18.8 Å². The number of amides is 1. The molecule has 0 heterocycles. The van der Waals surface area contributed by atoms with Crippen molar-refractivity contribution in [2.24, 2.45) is 0 Å². The highest BCUT2D eigenvalue weighted by atomic mass is 32.2. The Balaban J connectivity index is 1.74. The van der Waals surface area contributed by atoms with E-state index in [2.05, 4.69) is 5.32 Å². The number of hydrogen-bond acceptors (Lipinski definition) is 5. The van der Waals surface area contributed by atoms with Crippen LogP contribution in [0.2, 0.25) is 0 Å². The fourth-order valence-corrected chi connectivity index (χ4v) is 2.71. The average molecular weight is 377 g/mol. The van der Waals surface area contributed by atoms with Crippen molar-refractivity contribution in [3.05, 3.63) is 59.9 Å². The SMILES string of the molecule is COc1cccc(COC(=O)C(C)SCC(=O)Nc2ccc(F)cc2)c1. The predicted molar refractivity (Wildman–Crippen MR) is 99.7 cm³/mol. The van der Waals surface area contributed by atoms with Gasteiger partial charge in [0.15, 0.2) is 0 Å². The summed E-state index contributed by atoms with van der Waals surface area (Å²) in [7, 11) is 1.57. The Morgan fingerprint density at radius 1 is 1.19 bits per heavy atom. The molecule has 0 bridgehead atoms. The second-order valence-electron chi connectivity index (χ2n) is 5.47. The maximum Gasteiger partial charge on any atom is 0.319 e. The molecule has 138 valence electrons. The summed E-state index contributed by atoms with van der Waals surface area (Å²) in [6.07, 6.45) is 0. The molecule has 0 aliphatic heterocycles. The molecule has 0 saturated carbocycles. The molecule has 2 rings (SSSR count). The van der Waals surface area contributed by atoms with Gasteiger partial charge in [0, 0.05) is 5.69 Å². The molecule has 1 N–H and O–H groups in total. The lowest BCUT2D eigenvalue weighted by molar-refractivity contribution is -0.143. The van der Waals surface area contributed by atoms with Gasteiger partial charge in [0.05, 0.1) is 12.9 Å². The molecule has 0 fully saturated rings. The summed E-state index contributed by atoms with van der Waals surface area (Å²) in [5.74, 6) is -0.253. The summed E-state index contributed by atoms with van der Waals surface area (Å²) in [5, 5.41) is 2.15. The van der Waals surface area contributed by atoms with Crippen LogP contribution in [0.25, 0.3) is 0 Å². The lowest BCUT2D eigenvalue weighted by Crippen LogP contribution is -2.21. The van der Waals surface area contributed by atoms with Crippen molar-refractivity contribution in [3.8, 4) is 5.75 Å². The number of nitrogens with one attached hydrogen (secondary N) is 1. The van der Waals surface area contributed by atoms with Crippen LogP contribution in [0.5, 0.6) is 5.75 Å². The number of halogens is 1. The van der Waals surface area contributed by atoms with Crippen LogP contribution in [-0.4, -0.2) is 30.0 Å². The summed E-state index contributed by atoms with van der Waals surface area (Å²) in [6.45, 7) is 1.83.